The molecule has 5 heteroatoms. The maximum atomic E-state index is 11.8. The Balaban J connectivity index is 1.84. The highest BCUT2D eigenvalue weighted by atomic mass is 35.5. The van der Waals surface area contributed by atoms with Crippen LogP contribution in [0.3, 0.4) is 0 Å². The van der Waals surface area contributed by atoms with E-state index >= 15 is 0 Å². The van der Waals surface area contributed by atoms with Crippen LogP contribution in [0.4, 0.5) is 0 Å². The maximum Gasteiger partial charge on any atom is 0.222 e. The minimum absolute atomic E-state index is 0.0112. The first-order chi connectivity index (χ1) is 9.16. The van der Waals surface area contributed by atoms with Gasteiger partial charge in [0.1, 0.15) is 0 Å². The van der Waals surface area contributed by atoms with E-state index in [0.717, 1.165) is 5.56 Å². The summed E-state index contributed by atoms with van der Waals surface area (Å²) in [7, 11) is 0. The van der Waals surface area contributed by atoms with Crippen molar-refractivity contribution in [3.8, 4) is 0 Å². The van der Waals surface area contributed by atoms with Crippen LogP contribution in [-0.4, -0.2) is 15.7 Å². The van der Waals surface area contributed by atoms with Gasteiger partial charge in [0.2, 0.25) is 5.91 Å². The lowest BCUT2D eigenvalue weighted by Crippen LogP contribution is -2.25. The van der Waals surface area contributed by atoms with Gasteiger partial charge in [-0.15, -0.1) is 0 Å². The van der Waals surface area contributed by atoms with Crippen LogP contribution < -0.4 is 5.32 Å². The minimum Gasteiger partial charge on any atom is -0.352 e. The van der Waals surface area contributed by atoms with Crippen molar-refractivity contribution in [3.05, 3.63) is 53.3 Å². The molecule has 4 nitrogen and oxygen atoms in total. The van der Waals surface area contributed by atoms with Crippen LogP contribution in [0, 0.1) is 0 Å². The van der Waals surface area contributed by atoms with Crippen LogP contribution in [0.1, 0.15) is 24.9 Å². The second-order valence-electron chi connectivity index (χ2n) is 4.41. The number of hydrogen-bond donors (Lipinski definition) is 1. The summed E-state index contributed by atoms with van der Waals surface area (Å²) >= 11 is 6.03. The lowest BCUT2D eigenvalue weighted by molar-refractivity contribution is -0.122. The van der Waals surface area contributed by atoms with E-state index in [0.29, 0.717) is 18.0 Å². The molecule has 1 aromatic heterocycles. The number of benzene rings is 1. The fourth-order valence-corrected chi connectivity index (χ4v) is 2.01. The average Bonchev–Trinajstić information content (AvgIpc) is 2.91. The summed E-state index contributed by atoms with van der Waals surface area (Å²) in [6.45, 7) is 2.41. The number of aromatic nitrogens is 2. The van der Waals surface area contributed by atoms with Crippen LogP contribution >= 0.6 is 11.6 Å². The SMILES string of the molecule is C[C@@H](CC(=O)NCc1ccccc1Cl)n1cccn1. The Morgan fingerprint density at radius 3 is 2.89 bits per heavy atom. The van der Waals surface area contributed by atoms with E-state index in [1.807, 2.05) is 43.5 Å². The fourth-order valence-electron chi connectivity index (χ4n) is 1.81. The zero-order valence-corrected chi connectivity index (χ0v) is 11.5. The molecule has 0 saturated carbocycles. The Morgan fingerprint density at radius 1 is 1.42 bits per heavy atom. The Morgan fingerprint density at radius 2 is 2.21 bits per heavy atom. The van der Waals surface area contributed by atoms with Crippen molar-refractivity contribution in [3.63, 3.8) is 0 Å². The van der Waals surface area contributed by atoms with E-state index in [1.54, 1.807) is 10.9 Å². The molecule has 1 aromatic carbocycles. The molecule has 19 heavy (non-hydrogen) atoms. The van der Waals surface area contributed by atoms with Gasteiger partial charge < -0.3 is 5.32 Å². The molecule has 1 amide bonds. The fraction of sp³-hybridized carbons (Fsp3) is 0.286. The highest BCUT2D eigenvalue weighted by Gasteiger charge is 2.11. The van der Waals surface area contributed by atoms with E-state index in [2.05, 4.69) is 10.4 Å². The average molecular weight is 278 g/mol. The maximum absolute atomic E-state index is 11.8. The monoisotopic (exact) mass is 277 g/mol. The normalized spacial score (nSPS) is 12.1. The molecule has 0 aliphatic carbocycles. The molecule has 0 fully saturated rings. The summed E-state index contributed by atoms with van der Waals surface area (Å²) in [5, 5.41) is 7.65. The lowest BCUT2D eigenvalue weighted by atomic mass is 10.2. The summed E-state index contributed by atoms with van der Waals surface area (Å²) in [4.78, 5) is 11.8. The van der Waals surface area contributed by atoms with Crippen molar-refractivity contribution in [1.82, 2.24) is 15.1 Å². The van der Waals surface area contributed by atoms with Crippen molar-refractivity contribution < 1.29 is 4.79 Å². The molecule has 1 heterocycles. The molecule has 0 aliphatic rings. The van der Waals surface area contributed by atoms with Gasteiger partial charge >= 0.3 is 0 Å². The minimum atomic E-state index is -0.0112. The molecule has 0 radical (unpaired) electrons. The van der Waals surface area contributed by atoms with E-state index < -0.39 is 0 Å². The molecule has 100 valence electrons. The molecule has 1 N–H and O–H groups in total. The quantitative estimate of drug-likeness (QED) is 0.913. The van der Waals surface area contributed by atoms with Crippen LogP contribution in [0.15, 0.2) is 42.7 Å². The predicted octanol–water partition coefficient (Wildman–Crippen LogP) is 2.80. The number of nitrogens with one attached hydrogen (secondary N) is 1. The van der Waals surface area contributed by atoms with Crippen molar-refractivity contribution >= 4 is 17.5 Å². The molecule has 1 atom stereocenters. The van der Waals surface area contributed by atoms with Crippen molar-refractivity contribution in [2.45, 2.75) is 25.9 Å². The third-order valence-corrected chi connectivity index (χ3v) is 3.26. The first-order valence-electron chi connectivity index (χ1n) is 6.16. The molecule has 0 unspecified atom stereocenters. The van der Waals surface area contributed by atoms with Gasteiger partial charge in [-0.3, -0.25) is 9.48 Å². The van der Waals surface area contributed by atoms with Gasteiger partial charge in [-0.25, -0.2) is 0 Å². The first-order valence-corrected chi connectivity index (χ1v) is 6.54. The highest BCUT2D eigenvalue weighted by molar-refractivity contribution is 6.31. The number of nitrogens with zero attached hydrogens (tertiary/aromatic N) is 2. The molecule has 2 aromatic rings. The number of rotatable bonds is 5. The topological polar surface area (TPSA) is 46.9 Å². The lowest BCUT2D eigenvalue weighted by Gasteiger charge is -2.12. The van der Waals surface area contributed by atoms with Gasteiger partial charge in [-0.1, -0.05) is 29.8 Å². The smallest absolute Gasteiger partial charge is 0.222 e. The van der Waals surface area contributed by atoms with Crippen LogP contribution in [0.2, 0.25) is 5.02 Å². The Hall–Kier alpha value is -1.81. The second-order valence-corrected chi connectivity index (χ2v) is 4.81. The van der Waals surface area contributed by atoms with Gasteiger partial charge in [0.25, 0.3) is 0 Å². The van der Waals surface area contributed by atoms with E-state index in [1.165, 1.54) is 0 Å². The summed E-state index contributed by atoms with van der Waals surface area (Å²) < 4.78 is 1.77. The van der Waals surface area contributed by atoms with Gasteiger partial charge in [0, 0.05) is 30.4 Å². The number of amides is 1. The molecule has 0 bridgehead atoms. The van der Waals surface area contributed by atoms with Gasteiger partial charge in [-0.05, 0) is 24.6 Å². The van der Waals surface area contributed by atoms with Crippen molar-refractivity contribution in [2.24, 2.45) is 0 Å². The largest absolute Gasteiger partial charge is 0.352 e. The van der Waals surface area contributed by atoms with Crippen molar-refractivity contribution in [1.29, 1.82) is 0 Å². The van der Waals surface area contributed by atoms with E-state index in [9.17, 15) is 4.79 Å². The molecule has 2 rings (SSSR count). The number of halogens is 1. The predicted molar refractivity (Wildman–Crippen MR) is 74.9 cm³/mol. The van der Waals surface area contributed by atoms with Crippen molar-refractivity contribution in [2.75, 3.05) is 0 Å². The van der Waals surface area contributed by atoms with Gasteiger partial charge in [-0.2, -0.15) is 5.10 Å². The Bertz CT molecular complexity index is 539. The number of carbonyl (C=O) groups is 1. The Labute approximate surface area is 117 Å². The molecular formula is C14H16ClN3O. The zero-order chi connectivity index (χ0) is 13.7. The zero-order valence-electron chi connectivity index (χ0n) is 10.7. The number of carbonyl (C=O) groups excluding carboxylic acids is 1. The summed E-state index contributed by atoms with van der Waals surface area (Å²) in [6, 6.07) is 9.38. The third-order valence-electron chi connectivity index (χ3n) is 2.89. The second kappa shape index (κ2) is 6.38. The first kappa shape index (κ1) is 13.6. The van der Waals surface area contributed by atoms with Crippen LogP contribution in [0.5, 0.6) is 0 Å². The molecule has 0 spiro atoms. The standard InChI is InChI=1S/C14H16ClN3O/c1-11(18-8-4-7-17-18)9-14(19)16-10-12-5-2-3-6-13(12)15/h2-8,11H,9-10H2,1H3,(H,16,19)/t11-/m0/s1. The van der Waals surface area contributed by atoms with Gasteiger partial charge in [0.05, 0.1) is 6.04 Å². The Kier molecular flexibility index (Phi) is 4.58. The van der Waals surface area contributed by atoms with Crippen LogP contribution in [0.25, 0.3) is 0 Å². The van der Waals surface area contributed by atoms with E-state index in [4.69, 9.17) is 11.6 Å². The molecular weight excluding hydrogens is 262 g/mol. The molecule has 0 saturated heterocycles. The third kappa shape index (κ3) is 3.83. The van der Waals surface area contributed by atoms with Gasteiger partial charge in [0.15, 0.2) is 0 Å². The summed E-state index contributed by atoms with van der Waals surface area (Å²) in [5.74, 6) is -0.0112. The highest BCUT2D eigenvalue weighted by Crippen LogP contribution is 2.14. The van der Waals surface area contributed by atoms with E-state index in [-0.39, 0.29) is 11.9 Å². The molecule has 0 aliphatic heterocycles. The number of hydrogen-bond acceptors (Lipinski definition) is 2. The summed E-state index contributed by atoms with van der Waals surface area (Å²) in [6.07, 6.45) is 3.95. The van der Waals surface area contributed by atoms with Crippen LogP contribution in [-0.2, 0) is 11.3 Å². The summed E-state index contributed by atoms with van der Waals surface area (Å²) in [5.41, 5.74) is 0.921.